The van der Waals surface area contributed by atoms with Gasteiger partial charge in [0.15, 0.2) is 9.84 Å². The van der Waals surface area contributed by atoms with E-state index in [2.05, 4.69) is 15.5 Å². The van der Waals surface area contributed by atoms with Gasteiger partial charge in [-0.15, -0.1) is 10.2 Å². The molecule has 0 atom stereocenters. The van der Waals surface area contributed by atoms with E-state index >= 15 is 0 Å². The van der Waals surface area contributed by atoms with Crippen molar-refractivity contribution in [2.45, 2.75) is 9.79 Å². The van der Waals surface area contributed by atoms with Gasteiger partial charge in [-0.2, -0.15) is 8.42 Å². The third-order valence-corrected chi connectivity index (χ3v) is 7.26. The van der Waals surface area contributed by atoms with Gasteiger partial charge in [-0.3, -0.25) is 4.55 Å². The zero-order chi connectivity index (χ0) is 25.1. The molecule has 0 spiro atoms. The van der Waals surface area contributed by atoms with Crippen molar-refractivity contribution < 1.29 is 30.9 Å². The molecule has 0 aliphatic rings. The van der Waals surface area contributed by atoms with Crippen LogP contribution in [-0.4, -0.2) is 46.9 Å². The van der Waals surface area contributed by atoms with Gasteiger partial charge in [0.05, 0.1) is 22.9 Å². The first kappa shape index (κ1) is 25.0. The van der Waals surface area contributed by atoms with E-state index in [1.54, 1.807) is 0 Å². The zero-order valence-electron chi connectivity index (χ0n) is 17.8. The number of methoxy groups -OCH3 is 1. The number of amides is 2. The highest BCUT2D eigenvalue weighted by Crippen LogP contribution is 2.36. The highest BCUT2D eigenvalue weighted by Gasteiger charge is 2.22. The summed E-state index contributed by atoms with van der Waals surface area (Å²) in [7, 11) is -7.09. The largest absolute Gasteiger partial charge is 0.399 e. The molecule has 2 amide bonds. The SMILES string of the molecule is COCCS(=O)(=O)c1ccc2c(S(=O)(=O)O)c(/N=N/c3ccc(N)cc3NC(N)=O)ccc2c1. The maximum Gasteiger partial charge on any atom is 0.316 e. The average molecular weight is 508 g/mol. The van der Waals surface area contributed by atoms with Crippen LogP contribution in [0.3, 0.4) is 0 Å². The Bertz CT molecular complexity index is 1500. The third-order valence-electron chi connectivity index (χ3n) is 4.64. The van der Waals surface area contributed by atoms with Crippen LogP contribution in [0, 0.1) is 0 Å². The summed E-state index contributed by atoms with van der Waals surface area (Å²) in [6.45, 7) is -0.00625. The first-order valence-corrected chi connectivity index (χ1v) is 12.7. The maximum absolute atomic E-state index is 12.4. The van der Waals surface area contributed by atoms with E-state index in [0.717, 1.165) is 0 Å². The molecule has 3 aromatic carbocycles. The lowest BCUT2D eigenvalue weighted by Gasteiger charge is -2.10. The summed E-state index contributed by atoms with van der Waals surface area (Å²) in [4.78, 5) is 10.6. The van der Waals surface area contributed by atoms with Gasteiger partial charge < -0.3 is 21.5 Å². The second-order valence-electron chi connectivity index (χ2n) is 7.05. The number of sulfone groups is 1. The van der Waals surface area contributed by atoms with E-state index in [1.165, 1.54) is 55.6 Å². The van der Waals surface area contributed by atoms with Crippen molar-refractivity contribution in [3.05, 3.63) is 48.5 Å². The first-order chi connectivity index (χ1) is 15.9. The van der Waals surface area contributed by atoms with Gasteiger partial charge in [-0.25, -0.2) is 13.2 Å². The van der Waals surface area contributed by atoms with Crippen LogP contribution in [0.5, 0.6) is 0 Å². The van der Waals surface area contributed by atoms with Crippen LogP contribution in [0.25, 0.3) is 10.8 Å². The van der Waals surface area contributed by atoms with Gasteiger partial charge in [-0.1, -0.05) is 12.1 Å². The van der Waals surface area contributed by atoms with Gasteiger partial charge in [0.1, 0.15) is 16.3 Å². The molecule has 6 N–H and O–H groups in total. The van der Waals surface area contributed by atoms with Crippen LogP contribution in [0.2, 0.25) is 0 Å². The normalized spacial score (nSPS) is 12.3. The minimum atomic E-state index is -4.80. The molecule has 0 heterocycles. The molecule has 180 valence electrons. The molecule has 0 bridgehead atoms. The zero-order valence-corrected chi connectivity index (χ0v) is 19.4. The number of rotatable bonds is 8. The number of carbonyl (C=O) groups excluding carboxylic acids is 1. The molecule has 14 heteroatoms. The fourth-order valence-electron chi connectivity index (χ4n) is 3.10. The number of azo groups is 1. The summed E-state index contributed by atoms with van der Waals surface area (Å²) < 4.78 is 63.9. The summed E-state index contributed by atoms with van der Waals surface area (Å²) in [6, 6.07) is 9.92. The lowest BCUT2D eigenvalue weighted by Crippen LogP contribution is -2.19. The number of benzene rings is 3. The number of ether oxygens (including phenoxy) is 1. The number of nitrogen functional groups attached to an aromatic ring is 1. The number of hydrogen-bond donors (Lipinski definition) is 4. The molecule has 3 aromatic rings. The molecule has 0 radical (unpaired) electrons. The number of nitrogens with two attached hydrogens (primary N) is 2. The van der Waals surface area contributed by atoms with Crippen LogP contribution in [0.1, 0.15) is 0 Å². The summed E-state index contributed by atoms with van der Waals surface area (Å²) in [5.41, 5.74) is 11.2. The third kappa shape index (κ3) is 5.66. The van der Waals surface area contributed by atoms with E-state index in [9.17, 15) is 26.2 Å². The second kappa shape index (κ2) is 9.72. The molecule has 3 rings (SSSR count). The molecule has 12 nitrogen and oxygen atoms in total. The highest BCUT2D eigenvalue weighted by molar-refractivity contribution is 7.91. The van der Waals surface area contributed by atoms with Gasteiger partial charge in [0.2, 0.25) is 0 Å². The van der Waals surface area contributed by atoms with Crippen LogP contribution in [0.4, 0.5) is 27.5 Å². The van der Waals surface area contributed by atoms with E-state index in [4.69, 9.17) is 16.2 Å². The van der Waals surface area contributed by atoms with Crippen molar-refractivity contribution in [1.82, 2.24) is 0 Å². The molecule has 0 aromatic heterocycles. The average Bonchev–Trinajstić information content (AvgIpc) is 2.75. The van der Waals surface area contributed by atoms with E-state index < -0.39 is 30.9 Å². The summed E-state index contributed by atoms with van der Waals surface area (Å²) in [5, 5.41) is 10.5. The second-order valence-corrected chi connectivity index (χ2v) is 10.5. The number of urea groups is 1. The van der Waals surface area contributed by atoms with Crippen LogP contribution in [0.15, 0.2) is 68.6 Å². The van der Waals surface area contributed by atoms with E-state index in [-0.39, 0.29) is 45.1 Å². The summed E-state index contributed by atoms with van der Waals surface area (Å²) in [6.07, 6.45) is 0. The van der Waals surface area contributed by atoms with Gasteiger partial charge in [-0.05, 0) is 41.8 Å². The lowest BCUT2D eigenvalue weighted by molar-refractivity contribution is 0.217. The number of primary amides is 1. The van der Waals surface area contributed by atoms with Crippen LogP contribution in [-0.2, 0) is 24.7 Å². The van der Waals surface area contributed by atoms with Gasteiger partial charge in [0, 0.05) is 18.2 Å². The standard InChI is InChI=1S/C20H21N5O7S2/c1-32-8-9-33(27,28)14-4-5-15-12(10-14)2-6-17(19(15)34(29,30)31)25-24-16-7-3-13(21)11-18(16)23-20(22)26/h2-7,10-11H,8-9,21H2,1H3,(H3,22,23,26)(H,29,30,31)/b25-24+. The van der Waals surface area contributed by atoms with E-state index in [1.807, 2.05) is 0 Å². The number of anilines is 2. The predicted molar refractivity (Wildman–Crippen MR) is 126 cm³/mol. The highest BCUT2D eigenvalue weighted by atomic mass is 32.2. The summed E-state index contributed by atoms with van der Waals surface area (Å²) >= 11 is 0. The topological polar surface area (TPSA) is 204 Å². The van der Waals surface area contributed by atoms with E-state index in [0.29, 0.717) is 5.69 Å². The van der Waals surface area contributed by atoms with Crippen molar-refractivity contribution in [1.29, 1.82) is 0 Å². The van der Waals surface area contributed by atoms with Crippen LogP contribution < -0.4 is 16.8 Å². The number of nitrogens with one attached hydrogen (secondary N) is 1. The molecule has 0 saturated carbocycles. The Morgan fingerprint density at radius 1 is 1.03 bits per heavy atom. The number of nitrogens with zero attached hydrogens (tertiary/aromatic N) is 2. The van der Waals surface area contributed by atoms with Crippen molar-refractivity contribution in [3.63, 3.8) is 0 Å². The first-order valence-electron chi connectivity index (χ1n) is 9.56. The molecule has 34 heavy (non-hydrogen) atoms. The molecular formula is C20H21N5O7S2. The predicted octanol–water partition coefficient (Wildman–Crippen LogP) is 2.99. The molecule has 0 unspecified atom stereocenters. The fraction of sp³-hybridized carbons (Fsp3) is 0.150. The number of carbonyl (C=O) groups is 1. The Kier molecular flexibility index (Phi) is 7.16. The van der Waals surface area contributed by atoms with Crippen molar-refractivity contribution >= 4 is 59.5 Å². The Hall–Kier alpha value is -3.59. The number of fused-ring (bicyclic) bond motifs is 1. The molecular weight excluding hydrogens is 486 g/mol. The molecule has 0 aliphatic carbocycles. The number of hydrogen-bond acceptors (Lipinski definition) is 9. The Morgan fingerprint density at radius 3 is 2.35 bits per heavy atom. The van der Waals surface area contributed by atoms with Gasteiger partial charge >= 0.3 is 6.03 Å². The Labute approximate surface area is 195 Å². The Balaban J connectivity index is 2.13. The molecule has 0 saturated heterocycles. The molecule has 0 aliphatic heterocycles. The smallest absolute Gasteiger partial charge is 0.316 e. The molecule has 0 fully saturated rings. The van der Waals surface area contributed by atoms with Crippen molar-refractivity contribution in [3.8, 4) is 0 Å². The quantitative estimate of drug-likeness (QED) is 0.202. The monoisotopic (exact) mass is 507 g/mol. The lowest BCUT2D eigenvalue weighted by atomic mass is 10.1. The van der Waals surface area contributed by atoms with Gasteiger partial charge in [0.25, 0.3) is 10.1 Å². The summed E-state index contributed by atoms with van der Waals surface area (Å²) in [5.74, 6) is -0.254. The Morgan fingerprint density at radius 2 is 1.71 bits per heavy atom. The van der Waals surface area contributed by atoms with Crippen molar-refractivity contribution in [2.75, 3.05) is 30.5 Å². The fourth-order valence-corrected chi connectivity index (χ4v) is 5.14. The minimum Gasteiger partial charge on any atom is -0.399 e. The minimum absolute atomic E-state index is 0.00625. The van der Waals surface area contributed by atoms with Crippen LogP contribution >= 0.6 is 0 Å². The maximum atomic E-state index is 12.4. The van der Waals surface area contributed by atoms with Crippen molar-refractivity contribution in [2.24, 2.45) is 16.0 Å².